The third kappa shape index (κ3) is 3.03. The molecule has 0 N–H and O–H groups in total. The number of nitro groups is 1. The maximum Gasteiger partial charge on any atom is 0.300 e. The van der Waals surface area contributed by atoms with Crippen LogP contribution in [0.5, 0.6) is 0 Å². The molecule has 0 aliphatic heterocycles. The highest BCUT2D eigenvalue weighted by Crippen LogP contribution is 2.30. The number of anilines is 1. The van der Waals surface area contributed by atoms with Gasteiger partial charge in [0.25, 0.3) is 5.91 Å². The van der Waals surface area contributed by atoms with Crippen molar-refractivity contribution >= 4 is 28.9 Å². The van der Waals surface area contributed by atoms with Gasteiger partial charge in [-0.3, -0.25) is 14.9 Å². The predicted molar refractivity (Wildman–Crippen MR) is 81.9 cm³/mol. The van der Waals surface area contributed by atoms with Gasteiger partial charge in [0.15, 0.2) is 0 Å². The Morgan fingerprint density at radius 3 is 2.43 bits per heavy atom. The van der Waals surface area contributed by atoms with Crippen molar-refractivity contribution in [3.05, 3.63) is 69.2 Å². The molecule has 0 fully saturated rings. The standard InChI is InChI=1S/C15H13ClN2O3/c1-2-17(11-7-4-3-5-8-11)15(19)12-9-6-10-13(16)14(12)18(20)21/h3-10H,2H2,1H3. The lowest BCUT2D eigenvalue weighted by atomic mass is 10.1. The Kier molecular flexibility index (Phi) is 4.55. The second-order valence-electron chi connectivity index (χ2n) is 4.28. The zero-order valence-corrected chi connectivity index (χ0v) is 12.1. The number of amides is 1. The lowest BCUT2D eigenvalue weighted by Crippen LogP contribution is -2.31. The largest absolute Gasteiger partial charge is 0.308 e. The van der Waals surface area contributed by atoms with Gasteiger partial charge in [-0.25, -0.2) is 0 Å². The van der Waals surface area contributed by atoms with E-state index in [4.69, 9.17) is 11.6 Å². The minimum Gasteiger partial charge on any atom is -0.308 e. The van der Waals surface area contributed by atoms with Gasteiger partial charge in [-0.1, -0.05) is 35.9 Å². The van der Waals surface area contributed by atoms with Crippen LogP contribution in [0.4, 0.5) is 11.4 Å². The topological polar surface area (TPSA) is 63.5 Å². The number of nitro benzene ring substituents is 1. The summed E-state index contributed by atoms with van der Waals surface area (Å²) in [6.45, 7) is 2.20. The summed E-state index contributed by atoms with van der Waals surface area (Å²) >= 11 is 5.85. The number of benzene rings is 2. The second-order valence-corrected chi connectivity index (χ2v) is 4.69. The van der Waals surface area contributed by atoms with Crippen LogP contribution in [0.1, 0.15) is 17.3 Å². The molecule has 0 heterocycles. The molecule has 0 aromatic heterocycles. The molecule has 0 aliphatic rings. The van der Waals surface area contributed by atoms with Gasteiger partial charge in [0, 0.05) is 12.2 Å². The minimum absolute atomic E-state index is 0.0156. The molecule has 0 atom stereocenters. The van der Waals surface area contributed by atoms with Crippen LogP contribution < -0.4 is 4.90 Å². The zero-order chi connectivity index (χ0) is 15.4. The number of halogens is 1. The first kappa shape index (κ1) is 15.0. The zero-order valence-electron chi connectivity index (χ0n) is 11.3. The Morgan fingerprint density at radius 2 is 1.86 bits per heavy atom. The summed E-state index contributed by atoms with van der Waals surface area (Å²) in [6, 6.07) is 13.3. The quantitative estimate of drug-likeness (QED) is 0.635. The van der Waals surface area contributed by atoms with E-state index in [1.807, 2.05) is 6.07 Å². The Balaban J connectivity index is 2.49. The molecule has 1 amide bonds. The van der Waals surface area contributed by atoms with E-state index in [1.54, 1.807) is 31.2 Å². The van der Waals surface area contributed by atoms with Crippen LogP contribution in [0.15, 0.2) is 48.5 Å². The molecule has 2 aromatic rings. The lowest BCUT2D eigenvalue weighted by Gasteiger charge is -2.21. The van der Waals surface area contributed by atoms with Crippen molar-refractivity contribution in [1.82, 2.24) is 0 Å². The van der Waals surface area contributed by atoms with Crippen LogP contribution in [-0.2, 0) is 0 Å². The highest BCUT2D eigenvalue weighted by Gasteiger charge is 2.27. The van der Waals surface area contributed by atoms with E-state index < -0.39 is 10.8 Å². The monoisotopic (exact) mass is 304 g/mol. The molecular formula is C15H13ClN2O3. The van der Waals surface area contributed by atoms with Crippen molar-refractivity contribution < 1.29 is 9.72 Å². The van der Waals surface area contributed by atoms with Crippen molar-refractivity contribution in [3.63, 3.8) is 0 Å². The van der Waals surface area contributed by atoms with E-state index in [-0.39, 0.29) is 16.3 Å². The summed E-state index contributed by atoms with van der Waals surface area (Å²) in [5.41, 5.74) is 0.302. The van der Waals surface area contributed by atoms with Crippen LogP contribution in [0.3, 0.4) is 0 Å². The minimum atomic E-state index is -0.631. The smallest absolute Gasteiger partial charge is 0.300 e. The van der Waals surface area contributed by atoms with Crippen LogP contribution in [0.25, 0.3) is 0 Å². The number of hydrogen-bond donors (Lipinski definition) is 0. The molecule has 108 valence electrons. The fourth-order valence-corrected chi connectivity index (χ4v) is 2.31. The van der Waals surface area contributed by atoms with E-state index in [9.17, 15) is 14.9 Å². The number of nitrogens with zero attached hydrogens (tertiary/aromatic N) is 2. The summed E-state index contributed by atoms with van der Waals surface area (Å²) in [7, 11) is 0. The van der Waals surface area contributed by atoms with E-state index in [0.29, 0.717) is 12.2 Å². The molecule has 0 saturated heterocycles. The molecule has 6 heteroatoms. The number of carbonyl (C=O) groups is 1. The van der Waals surface area contributed by atoms with Gasteiger partial charge in [0.1, 0.15) is 10.6 Å². The molecule has 0 unspecified atom stereocenters. The molecular weight excluding hydrogens is 292 g/mol. The van der Waals surface area contributed by atoms with Gasteiger partial charge < -0.3 is 4.90 Å². The Bertz CT molecular complexity index is 674. The van der Waals surface area contributed by atoms with Gasteiger partial charge in [-0.15, -0.1) is 0 Å². The highest BCUT2D eigenvalue weighted by molar-refractivity contribution is 6.33. The average molecular weight is 305 g/mol. The SMILES string of the molecule is CCN(C(=O)c1cccc(Cl)c1[N+](=O)[O-])c1ccccc1. The van der Waals surface area contributed by atoms with Crippen LogP contribution in [0.2, 0.25) is 5.02 Å². The number of para-hydroxylation sites is 2. The maximum atomic E-state index is 12.6. The normalized spacial score (nSPS) is 10.2. The van der Waals surface area contributed by atoms with Crippen molar-refractivity contribution in [1.29, 1.82) is 0 Å². The summed E-state index contributed by atoms with van der Waals surface area (Å²) in [5.74, 6) is -0.446. The molecule has 2 rings (SSSR count). The fourth-order valence-electron chi connectivity index (χ4n) is 2.07. The summed E-state index contributed by atoms with van der Waals surface area (Å²) in [6.07, 6.45) is 0. The second kappa shape index (κ2) is 6.37. The summed E-state index contributed by atoms with van der Waals surface area (Å²) in [5, 5.41) is 11.1. The van der Waals surface area contributed by atoms with E-state index in [2.05, 4.69) is 0 Å². The summed E-state index contributed by atoms with van der Waals surface area (Å²) < 4.78 is 0. The Hall–Kier alpha value is -2.40. The van der Waals surface area contributed by atoms with E-state index in [1.165, 1.54) is 23.1 Å². The van der Waals surface area contributed by atoms with Gasteiger partial charge >= 0.3 is 5.69 Å². The molecule has 0 bridgehead atoms. The molecule has 2 aromatic carbocycles. The predicted octanol–water partition coefficient (Wildman–Crippen LogP) is 3.91. The first-order valence-corrected chi connectivity index (χ1v) is 6.74. The van der Waals surface area contributed by atoms with Gasteiger partial charge in [0.05, 0.1) is 4.92 Å². The molecule has 0 radical (unpaired) electrons. The van der Waals surface area contributed by atoms with Crippen LogP contribution in [-0.4, -0.2) is 17.4 Å². The van der Waals surface area contributed by atoms with Gasteiger partial charge in [0.2, 0.25) is 0 Å². The maximum absolute atomic E-state index is 12.6. The van der Waals surface area contributed by atoms with E-state index in [0.717, 1.165) is 0 Å². The fraction of sp³-hybridized carbons (Fsp3) is 0.133. The third-order valence-corrected chi connectivity index (χ3v) is 3.33. The average Bonchev–Trinajstić information content (AvgIpc) is 2.48. The van der Waals surface area contributed by atoms with Crippen molar-refractivity contribution in [2.24, 2.45) is 0 Å². The first-order valence-electron chi connectivity index (χ1n) is 6.36. The van der Waals surface area contributed by atoms with Gasteiger partial charge in [-0.2, -0.15) is 0 Å². The van der Waals surface area contributed by atoms with Crippen molar-refractivity contribution in [2.75, 3.05) is 11.4 Å². The Morgan fingerprint density at radius 1 is 1.19 bits per heavy atom. The molecule has 0 spiro atoms. The Labute approximate surface area is 126 Å². The molecule has 0 aliphatic carbocycles. The van der Waals surface area contributed by atoms with Crippen molar-refractivity contribution in [2.45, 2.75) is 6.92 Å². The number of hydrogen-bond acceptors (Lipinski definition) is 3. The van der Waals surface area contributed by atoms with Crippen LogP contribution >= 0.6 is 11.6 Å². The molecule has 5 nitrogen and oxygen atoms in total. The lowest BCUT2D eigenvalue weighted by molar-refractivity contribution is -0.385. The van der Waals surface area contributed by atoms with E-state index >= 15 is 0 Å². The molecule has 0 saturated carbocycles. The third-order valence-electron chi connectivity index (χ3n) is 3.03. The van der Waals surface area contributed by atoms with Crippen molar-refractivity contribution in [3.8, 4) is 0 Å². The van der Waals surface area contributed by atoms with Crippen LogP contribution in [0, 0.1) is 10.1 Å². The number of rotatable bonds is 4. The summed E-state index contributed by atoms with van der Waals surface area (Å²) in [4.78, 5) is 24.6. The van der Waals surface area contributed by atoms with Gasteiger partial charge in [-0.05, 0) is 31.2 Å². The highest BCUT2D eigenvalue weighted by atomic mass is 35.5. The molecule has 21 heavy (non-hydrogen) atoms. The first-order chi connectivity index (χ1) is 10.1. The number of carbonyl (C=O) groups excluding carboxylic acids is 1.